The van der Waals surface area contributed by atoms with Gasteiger partial charge in [-0.3, -0.25) is 9.59 Å². The summed E-state index contributed by atoms with van der Waals surface area (Å²) < 4.78 is 16.9. The lowest BCUT2D eigenvalue weighted by Gasteiger charge is -2.13. The maximum atomic E-state index is 12.5. The van der Waals surface area contributed by atoms with Gasteiger partial charge in [-0.2, -0.15) is 0 Å². The summed E-state index contributed by atoms with van der Waals surface area (Å²) in [5.41, 5.74) is 3.86. The second kappa shape index (κ2) is 10.1. The summed E-state index contributed by atoms with van der Waals surface area (Å²) in [6.45, 7) is 1.76. The molecule has 3 aromatic carbocycles. The van der Waals surface area contributed by atoms with E-state index in [4.69, 9.17) is 25.8 Å². The van der Waals surface area contributed by atoms with Gasteiger partial charge in [0.1, 0.15) is 23.4 Å². The number of amides is 2. The SMILES string of the molecule is COc1ccc(OC)c(-c2cc(Cl)c3c(c2)C[C@@H](CNC(=O)c2ccc(NC(C)=O)cc2)O3)c1. The van der Waals surface area contributed by atoms with Gasteiger partial charge in [-0.25, -0.2) is 0 Å². The summed E-state index contributed by atoms with van der Waals surface area (Å²) in [4.78, 5) is 23.7. The van der Waals surface area contributed by atoms with Crippen molar-refractivity contribution >= 4 is 29.1 Å². The van der Waals surface area contributed by atoms with Crippen molar-refractivity contribution < 1.29 is 23.8 Å². The van der Waals surface area contributed by atoms with Crippen LogP contribution >= 0.6 is 11.6 Å². The molecule has 0 saturated carbocycles. The Morgan fingerprint density at radius 3 is 2.50 bits per heavy atom. The van der Waals surface area contributed by atoms with Crippen molar-refractivity contribution in [1.29, 1.82) is 0 Å². The Kier molecular flexibility index (Phi) is 6.93. The molecule has 0 bridgehead atoms. The minimum absolute atomic E-state index is 0.165. The Morgan fingerprint density at radius 1 is 1.06 bits per heavy atom. The van der Waals surface area contributed by atoms with Crippen LogP contribution in [0, 0.1) is 0 Å². The Morgan fingerprint density at radius 2 is 1.82 bits per heavy atom. The summed E-state index contributed by atoms with van der Waals surface area (Å²) in [5, 5.41) is 6.08. The number of benzene rings is 3. The van der Waals surface area contributed by atoms with Crippen LogP contribution in [0.5, 0.6) is 17.2 Å². The van der Waals surface area contributed by atoms with Crippen LogP contribution in [0.15, 0.2) is 54.6 Å². The molecule has 2 amide bonds. The first-order valence-electron chi connectivity index (χ1n) is 10.7. The first-order valence-corrected chi connectivity index (χ1v) is 11.1. The molecule has 0 spiro atoms. The molecular weight excluding hydrogens is 456 g/mol. The van der Waals surface area contributed by atoms with Gasteiger partial charge in [0.2, 0.25) is 5.91 Å². The number of hydrogen-bond acceptors (Lipinski definition) is 5. The van der Waals surface area contributed by atoms with Crippen LogP contribution in [-0.2, 0) is 11.2 Å². The molecular formula is C26H25ClN2O5. The number of anilines is 1. The van der Waals surface area contributed by atoms with E-state index in [1.165, 1.54) is 6.92 Å². The van der Waals surface area contributed by atoms with E-state index >= 15 is 0 Å². The number of hydrogen-bond donors (Lipinski definition) is 2. The van der Waals surface area contributed by atoms with Gasteiger partial charge in [-0.05, 0) is 60.2 Å². The van der Waals surface area contributed by atoms with Crippen molar-refractivity contribution in [3.8, 4) is 28.4 Å². The second-order valence-corrected chi connectivity index (χ2v) is 8.33. The molecule has 0 radical (unpaired) electrons. The highest BCUT2D eigenvalue weighted by molar-refractivity contribution is 6.32. The summed E-state index contributed by atoms with van der Waals surface area (Å²) in [6.07, 6.45) is 0.370. The Bertz CT molecular complexity index is 1230. The van der Waals surface area contributed by atoms with E-state index in [1.807, 2.05) is 30.3 Å². The van der Waals surface area contributed by atoms with Crippen LogP contribution in [0.2, 0.25) is 5.02 Å². The van der Waals surface area contributed by atoms with Gasteiger partial charge in [-0.1, -0.05) is 11.6 Å². The highest BCUT2D eigenvalue weighted by Crippen LogP contribution is 2.42. The van der Waals surface area contributed by atoms with Crippen molar-refractivity contribution in [2.45, 2.75) is 19.4 Å². The first kappa shape index (κ1) is 23.4. The number of ether oxygens (including phenoxy) is 3. The zero-order chi connectivity index (χ0) is 24.2. The van der Waals surface area contributed by atoms with Crippen molar-refractivity contribution in [2.75, 3.05) is 26.1 Å². The molecule has 2 N–H and O–H groups in total. The number of nitrogens with one attached hydrogen (secondary N) is 2. The molecule has 0 saturated heterocycles. The maximum absolute atomic E-state index is 12.5. The minimum atomic E-state index is -0.238. The third kappa shape index (κ3) is 5.10. The molecule has 3 aromatic rings. The van der Waals surface area contributed by atoms with Crippen molar-refractivity contribution in [2.24, 2.45) is 0 Å². The third-order valence-electron chi connectivity index (χ3n) is 5.53. The normalized spacial score (nSPS) is 14.1. The van der Waals surface area contributed by atoms with Gasteiger partial charge in [-0.15, -0.1) is 0 Å². The van der Waals surface area contributed by atoms with E-state index in [2.05, 4.69) is 10.6 Å². The highest BCUT2D eigenvalue weighted by atomic mass is 35.5. The molecule has 1 heterocycles. The lowest BCUT2D eigenvalue weighted by molar-refractivity contribution is -0.114. The molecule has 7 nitrogen and oxygen atoms in total. The zero-order valence-corrected chi connectivity index (χ0v) is 19.9. The number of methoxy groups -OCH3 is 2. The minimum Gasteiger partial charge on any atom is -0.497 e. The summed E-state index contributed by atoms with van der Waals surface area (Å²) in [5.74, 6) is 1.67. The largest absolute Gasteiger partial charge is 0.497 e. The Hall–Kier alpha value is -3.71. The summed E-state index contributed by atoms with van der Waals surface area (Å²) in [6, 6.07) is 16.2. The molecule has 0 fully saturated rings. The van der Waals surface area contributed by atoms with E-state index in [0.717, 1.165) is 22.4 Å². The summed E-state index contributed by atoms with van der Waals surface area (Å²) in [7, 11) is 3.24. The molecule has 0 unspecified atom stereocenters. The molecule has 8 heteroatoms. The van der Waals surface area contributed by atoms with Crippen molar-refractivity contribution in [1.82, 2.24) is 5.32 Å². The smallest absolute Gasteiger partial charge is 0.251 e. The van der Waals surface area contributed by atoms with Crippen LogP contribution in [0.3, 0.4) is 0 Å². The molecule has 1 aliphatic heterocycles. The van der Waals surface area contributed by atoms with E-state index in [0.29, 0.717) is 40.7 Å². The molecule has 176 valence electrons. The maximum Gasteiger partial charge on any atom is 0.251 e. The van der Waals surface area contributed by atoms with Gasteiger partial charge < -0.3 is 24.8 Å². The third-order valence-corrected chi connectivity index (χ3v) is 5.81. The number of rotatable bonds is 7. The average Bonchev–Trinajstić information content (AvgIpc) is 3.26. The Balaban J connectivity index is 1.44. The fraction of sp³-hybridized carbons (Fsp3) is 0.231. The Labute approximate surface area is 203 Å². The van der Waals surface area contributed by atoms with Gasteiger partial charge >= 0.3 is 0 Å². The summed E-state index contributed by atoms with van der Waals surface area (Å²) >= 11 is 6.55. The van der Waals surface area contributed by atoms with Crippen LogP contribution in [-0.4, -0.2) is 38.7 Å². The molecule has 4 rings (SSSR count). The number of fused-ring (bicyclic) bond motifs is 1. The monoisotopic (exact) mass is 480 g/mol. The number of halogens is 1. The van der Waals surface area contributed by atoms with Crippen LogP contribution in [0.1, 0.15) is 22.8 Å². The van der Waals surface area contributed by atoms with Gasteiger partial charge in [0, 0.05) is 35.7 Å². The molecule has 1 atom stereocenters. The van der Waals surface area contributed by atoms with E-state index < -0.39 is 0 Å². The molecule has 0 aromatic heterocycles. The number of carbonyl (C=O) groups excluding carboxylic acids is 2. The predicted molar refractivity (Wildman–Crippen MR) is 131 cm³/mol. The van der Waals surface area contributed by atoms with E-state index in [1.54, 1.807) is 38.5 Å². The van der Waals surface area contributed by atoms with Crippen LogP contribution in [0.4, 0.5) is 5.69 Å². The molecule has 34 heavy (non-hydrogen) atoms. The fourth-order valence-electron chi connectivity index (χ4n) is 3.91. The van der Waals surface area contributed by atoms with Gasteiger partial charge in [0.25, 0.3) is 5.91 Å². The first-order chi connectivity index (χ1) is 16.4. The molecule has 1 aliphatic rings. The van der Waals surface area contributed by atoms with E-state index in [9.17, 15) is 9.59 Å². The molecule has 0 aliphatic carbocycles. The lowest BCUT2D eigenvalue weighted by atomic mass is 9.99. The quantitative estimate of drug-likeness (QED) is 0.511. The van der Waals surface area contributed by atoms with Gasteiger partial charge in [0.05, 0.1) is 25.8 Å². The fourth-order valence-corrected chi connectivity index (χ4v) is 4.20. The number of carbonyl (C=O) groups is 2. The van der Waals surface area contributed by atoms with Crippen LogP contribution < -0.4 is 24.8 Å². The van der Waals surface area contributed by atoms with Gasteiger partial charge in [0.15, 0.2) is 0 Å². The highest BCUT2D eigenvalue weighted by Gasteiger charge is 2.27. The standard InChI is InChI=1S/C26H25ClN2O5/c1-15(30)29-19-6-4-16(5-7-19)26(31)28-14-21-11-18-10-17(12-23(27)25(18)34-21)22-13-20(32-2)8-9-24(22)33-3/h4-10,12-13,21H,11,14H2,1-3H3,(H,28,31)(H,29,30)/t21-/m0/s1. The topological polar surface area (TPSA) is 85.9 Å². The van der Waals surface area contributed by atoms with E-state index in [-0.39, 0.29) is 17.9 Å². The zero-order valence-electron chi connectivity index (χ0n) is 19.1. The van der Waals surface area contributed by atoms with Crippen molar-refractivity contribution in [3.63, 3.8) is 0 Å². The van der Waals surface area contributed by atoms with Crippen LogP contribution in [0.25, 0.3) is 11.1 Å². The predicted octanol–water partition coefficient (Wildman–Crippen LogP) is 4.72. The average molecular weight is 481 g/mol. The van der Waals surface area contributed by atoms with Crippen molar-refractivity contribution in [3.05, 3.63) is 70.7 Å². The lowest BCUT2D eigenvalue weighted by Crippen LogP contribution is -2.34. The second-order valence-electron chi connectivity index (χ2n) is 7.93.